The highest BCUT2D eigenvalue weighted by molar-refractivity contribution is 5.62. The zero-order valence-electron chi connectivity index (χ0n) is 8.66. The van der Waals surface area contributed by atoms with Crippen molar-refractivity contribution in [2.24, 2.45) is 0 Å². The molecule has 0 aliphatic carbocycles. The van der Waals surface area contributed by atoms with E-state index in [1.54, 1.807) is 12.2 Å². The topological polar surface area (TPSA) is 59.0 Å². The van der Waals surface area contributed by atoms with Crippen molar-refractivity contribution in [3.8, 4) is 11.8 Å². The van der Waals surface area contributed by atoms with Crippen molar-refractivity contribution in [1.29, 1.82) is 5.26 Å². The Balaban J connectivity index is 2.84. The molecule has 0 heterocycles. The Hall–Kier alpha value is -2.16. The standard InChI is InChI=1S/C11H9F3N2O/c12-11(13,14)17-10-5-4-8(7-9(10)16)3-1-2-6-15/h1,3-5,7H,2,16H2. The molecule has 90 valence electrons. The summed E-state index contributed by atoms with van der Waals surface area (Å²) in [5.74, 6) is -0.435. The molecule has 0 fully saturated rings. The summed E-state index contributed by atoms with van der Waals surface area (Å²) in [6.07, 6.45) is -1.36. The fraction of sp³-hybridized carbons (Fsp3) is 0.182. The Bertz CT molecular complexity index is 461. The van der Waals surface area contributed by atoms with Gasteiger partial charge < -0.3 is 10.5 Å². The van der Waals surface area contributed by atoms with Gasteiger partial charge in [0.05, 0.1) is 18.2 Å². The van der Waals surface area contributed by atoms with E-state index in [4.69, 9.17) is 11.0 Å². The van der Waals surface area contributed by atoms with Crippen molar-refractivity contribution in [1.82, 2.24) is 0 Å². The lowest BCUT2D eigenvalue weighted by molar-refractivity contribution is -0.274. The second kappa shape index (κ2) is 5.25. The highest BCUT2D eigenvalue weighted by Crippen LogP contribution is 2.29. The molecule has 0 atom stereocenters. The summed E-state index contributed by atoms with van der Waals surface area (Å²) in [5.41, 5.74) is 5.90. The smallest absolute Gasteiger partial charge is 0.404 e. The van der Waals surface area contributed by atoms with Crippen molar-refractivity contribution in [2.75, 3.05) is 5.73 Å². The summed E-state index contributed by atoms with van der Waals surface area (Å²) in [7, 11) is 0. The van der Waals surface area contributed by atoms with Crippen LogP contribution >= 0.6 is 0 Å². The Morgan fingerprint density at radius 2 is 2.12 bits per heavy atom. The van der Waals surface area contributed by atoms with Gasteiger partial charge in [-0.05, 0) is 17.7 Å². The Kier molecular flexibility index (Phi) is 3.99. The van der Waals surface area contributed by atoms with Crippen LogP contribution in [0.3, 0.4) is 0 Å². The Morgan fingerprint density at radius 1 is 1.41 bits per heavy atom. The van der Waals surface area contributed by atoms with Gasteiger partial charge in [0.25, 0.3) is 0 Å². The van der Waals surface area contributed by atoms with Crippen LogP contribution in [0, 0.1) is 11.3 Å². The van der Waals surface area contributed by atoms with Crippen molar-refractivity contribution in [2.45, 2.75) is 12.8 Å². The van der Waals surface area contributed by atoms with E-state index in [1.165, 1.54) is 12.1 Å². The van der Waals surface area contributed by atoms with Crippen LogP contribution in [-0.2, 0) is 0 Å². The first kappa shape index (κ1) is 12.9. The molecule has 0 bridgehead atoms. The average Bonchev–Trinajstić information content (AvgIpc) is 2.21. The number of nitrogens with two attached hydrogens (primary N) is 1. The second-order valence-corrected chi connectivity index (χ2v) is 3.11. The predicted octanol–water partition coefficient (Wildman–Crippen LogP) is 3.09. The molecule has 0 spiro atoms. The molecule has 1 rings (SSSR count). The lowest BCUT2D eigenvalue weighted by Crippen LogP contribution is -2.18. The molecule has 0 unspecified atom stereocenters. The summed E-state index contributed by atoms with van der Waals surface area (Å²) in [6.45, 7) is 0. The summed E-state index contributed by atoms with van der Waals surface area (Å²) >= 11 is 0. The normalized spacial score (nSPS) is 11.4. The molecule has 0 saturated heterocycles. The minimum atomic E-state index is -4.76. The second-order valence-electron chi connectivity index (χ2n) is 3.11. The van der Waals surface area contributed by atoms with Crippen LogP contribution in [0.2, 0.25) is 0 Å². The van der Waals surface area contributed by atoms with Gasteiger partial charge in [-0.15, -0.1) is 13.2 Å². The molecule has 17 heavy (non-hydrogen) atoms. The zero-order valence-corrected chi connectivity index (χ0v) is 8.66. The number of hydrogen-bond donors (Lipinski definition) is 1. The quantitative estimate of drug-likeness (QED) is 0.828. The maximum atomic E-state index is 11.9. The number of hydrogen-bond acceptors (Lipinski definition) is 3. The van der Waals surface area contributed by atoms with E-state index in [-0.39, 0.29) is 12.1 Å². The van der Waals surface area contributed by atoms with E-state index in [0.29, 0.717) is 5.56 Å². The fourth-order valence-corrected chi connectivity index (χ4v) is 1.14. The highest BCUT2D eigenvalue weighted by atomic mass is 19.4. The number of halogens is 3. The van der Waals surface area contributed by atoms with E-state index >= 15 is 0 Å². The number of ether oxygens (including phenoxy) is 1. The van der Waals surface area contributed by atoms with E-state index in [1.807, 2.05) is 6.07 Å². The first-order valence-corrected chi connectivity index (χ1v) is 4.61. The van der Waals surface area contributed by atoms with Crippen LogP contribution in [-0.4, -0.2) is 6.36 Å². The minimum absolute atomic E-state index is 0.110. The molecular weight excluding hydrogens is 233 g/mol. The minimum Gasteiger partial charge on any atom is -0.404 e. The van der Waals surface area contributed by atoms with E-state index < -0.39 is 12.1 Å². The highest BCUT2D eigenvalue weighted by Gasteiger charge is 2.31. The van der Waals surface area contributed by atoms with Crippen LogP contribution in [0.5, 0.6) is 5.75 Å². The van der Waals surface area contributed by atoms with Crippen LogP contribution in [0.25, 0.3) is 6.08 Å². The lowest BCUT2D eigenvalue weighted by atomic mass is 10.1. The van der Waals surface area contributed by atoms with Gasteiger partial charge in [0.15, 0.2) is 5.75 Å². The number of alkyl halides is 3. The maximum absolute atomic E-state index is 11.9. The van der Waals surface area contributed by atoms with Crippen LogP contribution < -0.4 is 10.5 Å². The number of anilines is 1. The maximum Gasteiger partial charge on any atom is 0.573 e. The summed E-state index contributed by atoms with van der Waals surface area (Å²) in [5, 5.41) is 8.30. The van der Waals surface area contributed by atoms with Gasteiger partial charge in [0.2, 0.25) is 0 Å². The molecule has 1 aromatic carbocycles. The Labute approximate surface area is 95.9 Å². The molecular formula is C11H9F3N2O. The van der Waals surface area contributed by atoms with E-state index in [9.17, 15) is 13.2 Å². The van der Waals surface area contributed by atoms with Gasteiger partial charge in [-0.2, -0.15) is 5.26 Å². The Morgan fingerprint density at radius 3 is 2.65 bits per heavy atom. The predicted molar refractivity (Wildman–Crippen MR) is 56.8 cm³/mol. The fourth-order valence-electron chi connectivity index (χ4n) is 1.14. The van der Waals surface area contributed by atoms with Gasteiger partial charge >= 0.3 is 6.36 Å². The molecule has 1 aromatic rings. The molecule has 0 aliphatic heterocycles. The van der Waals surface area contributed by atoms with Crippen LogP contribution in [0.4, 0.5) is 18.9 Å². The van der Waals surface area contributed by atoms with Gasteiger partial charge in [0, 0.05) is 0 Å². The summed E-state index contributed by atoms with van der Waals surface area (Å²) in [6, 6.07) is 5.80. The van der Waals surface area contributed by atoms with Gasteiger partial charge in [-0.1, -0.05) is 18.2 Å². The number of allylic oxidation sites excluding steroid dienone is 1. The van der Waals surface area contributed by atoms with E-state index in [0.717, 1.165) is 6.07 Å². The SMILES string of the molecule is N#CCC=Cc1ccc(OC(F)(F)F)c(N)c1. The molecule has 0 aliphatic rings. The average molecular weight is 242 g/mol. The monoisotopic (exact) mass is 242 g/mol. The molecule has 0 amide bonds. The zero-order chi connectivity index (χ0) is 12.9. The summed E-state index contributed by atoms with van der Waals surface area (Å²) < 4.78 is 39.5. The third kappa shape index (κ3) is 4.47. The van der Waals surface area contributed by atoms with Crippen LogP contribution in [0.15, 0.2) is 24.3 Å². The number of rotatable bonds is 3. The van der Waals surface area contributed by atoms with Gasteiger partial charge in [0.1, 0.15) is 0 Å². The number of nitrogens with zero attached hydrogens (tertiary/aromatic N) is 1. The molecule has 0 radical (unpaired) electrons. The molecule has 2 N–H and O–H groups in total. The molecule has 3 nitrogen and oxygen atoms in total. The summed E-state index contributed by atoms with van der Waals surface area (Å²) in [4.78, 5) is 0. The van der Waals surface area contributed by atoms with Crippen molar-refractivity contribution in [3.63, 3.8) is 0 Å². The van der Waals surface area contributed by atoms with Crippen LogP contribution in [0.1, 0.15) is 12.0 Å². The largest absolute Gasteiger partial charge is 0.573 e. The van der Waals surface area contributed by atoms with Crippen molar-refractivity contribution in [3.05, 3.63) is 29.8 Å². The van der Waals surface area contributed by atoms with Gasteiger partial charge in [-0.25, -0.2) is 0 Å². The van der Waals surface area contributed by atoms with Crippen molar-refractivity contribution < 1.29 is 17.9 Å². The first-order valence-electron chi connectivity index (χ1n) is 4.61. The molecule has 0 saturated carbocycles. The number of nitrogen functional groups attached to an aromatic ring is 1. The van der Waals surface area contributed by atoms with E-state index in [2.05, 4.69) is 4.74 Å². The third-order valence-electron chi connectivity index (χ3n) is 1.78. The van der Waals surface area contributed by atoms with Crippen molar-refractivity contribution >= 4 is 11.8 Å². The first-order chi connectivity index (χ1) is 7.92. The molecule has 0 aromatic heterocycles. The number of nitriles is 1. The third-order valence-corrected chi connectivity index (χ3v) is 1.78. The van der Waals surface area contributed by atoms with Gasteiger partial charge in [-0.3, -0.25) is 0 Å². The number of benzene rings is 1. The lowest BCUT2D eigenvalue weighted by Gasteiger charge is -2.11. The molecule has 6 heteroatoms.